The van der Waals surface area contributed by atoms with Crippen molar-refractivity contribution in [1.82, 2.24) is 0 Å². The van der Waals surface area contributed by atoms with Crippen molar-refractivity contribution in [3.63, 3.8) is 0 Å². The van der Waals surface area contributed by atoms with E-state index in [0.29, 0.717) is 17.9 Å². The molecule has 0 atom stereocenters. The van der Waals surface area contributed by atoms with Crippen molar-refractivity contribution in [3.05, 3.63) is 27.2 Å². The quantitative estimate of drug-likeness (QED) is 0.844. The summed E-state index contributed by atoms with van der Waals surface area (Å²) in [5.41, 5.74) is 0.985. The third-order valence-electron chi connectivity index (χ3n) is 1.83. The molecule has 1 rings (SSSR count). The van der Waals surface area contributed by atoms with E-state index in [4.69, 9.17) is 21.6 Å². The van der Waals surface area contributed by atoms with Crippen LogP contribution in [0.2, 0.25) is 5.02 Å². The molecule has 0 aliphatic carbocycles. The molecule has 0 aliphatic rings. The third-order valence-corrected chi connectivity index (χ3v) is 2.75. The van der Waals surface area contributed by atoms with Crippen molar-refractivity contribution in [3.8, 4) is 11.8 Å². The van der Waals surface area contributed by atoms with Crippen LogP contribution in [0, 0.1) is 11.3 Å². The van der Waals surface area contributed by atoms with Crippen LogP contribution < -0.4 is 4.74 Å². The second-order valence-corrected chi connectivity index (χ2v) is 4.02. The van der Waals surface area contributed by atoms with E-state index in [2.05, 4.69) is 22.0 Å². The minimum absolute atomic E-state index is 0.469. The monoisotopic (exact) mass is 273 g/mol. The molecule has 4 heteroatoms. The minimum atomic E-state index is 0.469. The summed E-state index contributed by atoms with van der Waals surface area (Å²) in [6.45, 7) is 0. The maximum Gasteiger partial charge on any atom is 0.124 e. The Hall–Kier alpha value is -0.720. The molecule has 0 saturated carbocycles. The summed E-state index contributed by atoms with van der Waals surface area (Å²) in [4.78, 5) is 0. The molecule has 0 amide bonds. The van der Waals surface area contributed by atoms with Gasteiger partial charge in [0.15, 0.2) is 0 Å². The fourth-order valence-electron chi connectivity index (χ4n) is 1.19. The highest BCUT2D eigenvalue weighted by Gasteiger charge is 2.08. The number of hydrogen-bond donors (Lipinski definition) is 0. The molecule has 2 nitrogen and oxygen atoms in total. The Bertz CT molecular complexity index is 373. The fourth-order valence-corrected chi connectivity index (χ4v) is 2.17. The molecule has 0 N–H and O–H groups in total. The van der Waals surface area contributed by atoms with Gasteiger partial charge in [0.05, 0.1) is 13.2 Å². The Morgan fingerprint density at radius 3 is 2.86 bits per heavy atom. The zero-order valence-corrected chi connectivity index (χ0v) is 10.0. The van der Waals surface area contributed by atoms with Crippen LogP contribution >= 0.6 is 27.5 Å². The lowest BCUT2D eigenvalue weighted by atomic mass is 10.1. The topological polar surface area (TPSA) is 33.0 Å². The molecule has 0 unspecified atom stereocenters. The average Bonchev–Trinajstić information content (AvgIpc) is 2.15. The van der Waals surface area contributed by atoms with Crippen LogP contribution in [-0.4, -0.2) is 7.11 Å². The van der Waals surface area contributed by atoms with Crippen LogP contribution in [0.4, 0.5) is 0 Å². The van der Waals surface area contributed by atoms with Crippen molar-refractivity contribution in [1.29, 1.82) is 5.26 Å². The first-order valence-corrected chi connectivity index (χ1v) is 5.25. The molecule has 0 aliphatic heterocycles. The van der Waals surface area contributed by atoms with Crippen molar-refractivity contribution < 1.29 is 4.74 Å². The van der Waals surface area contributed by atoms with Crippen LogP contribution in [-0.2, 0) is 6.42 Å². The molecule has 1 aromatic rings. The van der Waals surface area contributed by atoms with Crippen LogP contribution in [0.3, 0.4) is 0 Å². The first-order valence-electron chi connectivity index (χ1n) is 4.08. The summed E-state index contributed by atoms with van der Waals surface area (Å²) in [7, 11) is 1.59. The maximum absolute atomic E-state index is 8.50. The summed E-state index contributed by atoms with van der Waals surface area (Å²) in [5.74, 6) is 0.722. The van der Waals surface area contributed by atoms with Crippen LogP contribution in [0.15, 0.2) is 16.6 Å². The molecular weight excluding hydrogens is 265 g/mol. The minimum Gasteiger partial charge on any atom is -0.496 e. The number of nitrogens with zero attached hydrogens (tertiary/aromatic N) is 1. The lowest BCUT2D eigenvalue weighted by Crippen LogP contribution is -1.93. The lowest BCUT2D eigenvalue weighted by molar-refractivity contribution is 0.409. The molecule has 14 heavy (non-hydrogen) atoms. The smallest absolute Gasteiger partial charge is 0.124 e. The standard InChI is InChI=1S/C10H9BrClNO/c1-14-10-6-7(12)5-9(11)8(10)3-2-4-13/h5-6H,2-3H2,1H3. The second kappa shape index (κ2) is 5.23. The van der Waals surface area contributed by atoms with Gasteiger partial charge in [-0.3, -0.25) is 0 Å². The van der Waals surface area contributed by atoms with E-state index < -0.39 is 0 Å². The van der Waals surface area contributed by atoms with Gasteiger partial charge < -0.3 is 4.74 Å². The van der Waals surface area contributed by atoms with Gasteiger partial charge in [0.2, 0.25) is 0 Å². The van der Waals surface area contributed by atoms with E-state index in [1.807, 2.05) is 0 Å². The number of hydrogen-bond acceptors (Lipinski definition) is 2. The number of benzene rings is 1. The van der Waals surface area contributed by atoms with Crippen molar-refractivity contribution in [2.45, 2.75) is 12.8 Å². The van der Waals surface area contributed by atoms with Gasteiger partial charge in [-0.25, -0.2) is 0 Å². The van der Waals surface area contributed by atoms with Crippen LogP contribution in [0.1, 0.15) is 12.0 Å². The fraction of sp³-hybridized carbons (Fsp3) is 0.300. The summed E-state index contributed by atoms with van der Waals surface area (Å²) in [6, 6.07) is 5.65. The normalized spacial score (nSPS) is 9.57. The second-order valence-electron chi connectivity index (χ2n) is 2.73. The van der Waals surface area contributed by atoms with E-state index in [-0.39, 0.29) is 0 Å². The summed E-state index contributed by atoms with van der Waals surface area (Å²) in [6.07, 6.45) is 1.13. The van der Waals surface area contributed by atoms with Gasteiger partial charge in [-0.05, 0) is 18.6 Å². The van der Waals surface area contributed by atoms with Gasteiger partial charge in [-0.2, -0.15) is 5.26 Å². The molecule has 0 spiro atoms. The van der Waals surface area contributed by atoms with Crippen molar-refractivity contribution in [2.24, 2.45) is 0 Å². The molecule has 0 saturated heterocycles. The number of methoxy groups -OCH3 is 1. The highest BCUT2D eigenvalue weighted by Crippen LogP contribution is 2.31. The van der Waals surface area contributed by atoms with E-state index in [1.165, 1.54) is 0 Å². The Kier molecular flexibility index (Phi) is 4.24. The molecular formula is C10H9BrClNO. The summed E-state index contributed by atoms with van der Waals surface area (Å²) >= 11 is 9.25. The zero-order chi connectivity index (χ0) is 10.6. The first kappa shape index (κ1) is 11.4. The number of ether oxygens (including phenoxy) is 1. The van der Waals surface area contributed by atoms with Gasteiger partial charge in [0, 0.05) is 21.5 Å². The predicted octanol–water partition coefficient (Wildman–Crippen LogP) is 3.57. The van der Waals surface area contributed by atoms with Crippen molar-refractivity contribution >= 4 is 27.5 Å². The summed E-state index contributed by atoms with van der Waals surface area (Å²) < 4.78 is 6.07. The maximum atomic E-state index is 8.50. The van der Waals surface area contributed by atoms with Crippen LogP contribution in [0.25, 0.3) is 0 Å². The van der Waals surface area contributed by atoms with Crippen molar-refractivity contribution in [2.75, 3.05) is 7.11 Å². The number of rotatable bonds is 3. The van der Waals surface area contributed by atoms with E-state index >= 15 is 0 Å². The van der Waals surface area contributed by atoms with E-state index in [9.17, 15) is 0 Å². The van der Waals surface area contributed by atoms with Crippen LogP contribution in [0.5, 0.6) is 5.75 Å². The predicted molar refractivity (Wildman–Crippen MR) is 59.6 cm³/mol. The highest BCUT2D eigenvalue weighted by atomic mass is 79.9. The van der Waals surface area contributed by atoms with Gasteiger partial charge in [0.25, 0.3) is 0 Å². The largest absolute Gasteiger partial charge is 0.496 e. The third kappa shape index (κ3) is 2.63. The Morgan fingerprint density at radius 1 is 1.57 bits per heavy atom. The molecule has 74 valence electrons. The molecule has 0 radical (unpaired) electrons. The molecule has 0 bridgehead atoms. The molecule has 0 heterocycles. The number of halogens is 2. The lowest BCUT2D eigenvalue weighted by Gasteiger charge is -2.09. The van der Waals surface area contributed by atoms with E-state index in [0.717, 1.165) is 15.8 Å². The average molecular weight is 275 g/mol. The summed E-state index contributed by atoms with van der Waals surface area (Å²) in [5, 5.41) is 9.12. The van der Waals surface area contributed by atoms with Gasteiger partial charge in [-0.1, -0.05) is 27.5 Å². The molecule has 0 aromatic heterocycles. The molecule has 1 aromatic carbocycles. The van der Waals surface area contributed by atoms with Gasteiger partial charge in [-0.15, -0.1) is 0 Å². The number of nitriles is 1. The molecule has 0 fully saturated rings. The van der Waals surface area contributed by atoms with E-state index in [1.54, 1.807) is 19.2 Å². The van der Waals surface area contributed by atoms with Gasteiger partial charge in [0.1, 0.15) is 5.75 Å². The first-order chi connectivity index (χ1) is 6.69. The highest BCUT2D eigenvalue weighted by molar-refractivity contribution is 9.10. The van der Waals surface area contributed by atoms with Gasteiger partial charge >= 0.3 is 0 Å². The SMILES string of the molecule is COc1cc(Cl)cc(Br)c1CCC#N. The Morgan fingerprint density at radius 2 is 2.29 bits per heavy atom. The zero-order valence-electron chi connectivity index (χ0n) is 7.68. The Balaban J connectivity index is 3.06. The Labute approximate surface area is 96.6 Å².